The van der Waals surface area contributed by atoms with Crippen LogP contribution in [0.15, 0.2) is 18.2 Å². The van der Waals surface area contributed by atoms with Gasteiger partial charge in [0, 0.05) is 18.7 Å². The van der Waals surface area contributed by atoms with Crippen LogP contribution in [0.1, 0.15) is 43.0 Å². The third kappa shape index (κ3) is 3.24. The Morgan fingerprint density at radius 1 is 1.40 bits per heavy atom. The molecule has 0 saturated carbocycles. The van der Waals surface area contributed by atoms with Crippen molar-refractivity contribution in [1.29, 1.82) is 0 Å². The molecule has 1 saturated heterocycles. The van der Waals surface area contributed by atoms with E-state index in [1.165, 1.54) is 12.8 Å². The summed E-state index contributed by atoms with van der Waals surface area (Å²) in [5.74, 6) is 1.41. The van der Waals surface area contributed by atoms with Gasteiger partial charge in [-0.2, -0.15) is 0 Å². The standard InChI is InChI=1S/C16H24N2O2/c1-3-12-5-4-9-18(10-8-12)16(19)13-6-7-14(17)15(11-13)20-2/h6-7,11-12H,3-5,8-10,17H2,1-2H3. The average Bonchev–Trinajstić information content (AvgIpc) is 2.72. The lowest BCUT2D eigenvalue weighted by molar-refractivity contribution is 0.0759. The molecule has 1 atom stereocenters. The summed E-state index contributed by atoms with van der Waals surface area (Å²) in [7, 11) is 1.57. The van der Waals surface area contributed by atoms with Crippen LogP contribution in [0, 0.1) is 5.92 Å². The zero-order valence-electron chi connectivity index (χ0n) is 12.4. The number of hydrogen-bond acceptors (Lipinski definition) is 3. The first-order valence-corrected chi connectivity index (χ1v) is 7.38. The van der Waals surface area contributed by atoms with Crippen LogP contribution in [-0.2, 0) is 0 Å². The Morgan fingerprint density at radius 2 is 2.20 bits per heavy atom. The SMILES string of the molecule is CCC1CCCN(C(=O)c2ccc(N)c(OC)c2)CC1. The summed E-state index contributed by atoms with van der Waals surface area (Å²) in [6, 6.07) is 5.25. The molecule has 1 heterocycles. The highest BCUT2D eigenvalue weighted by Crippen LogP contribution is 2.25. The number of hydrogen-bond donors (Lipinski definition) is 1. The smallest absolute Gasteiger partial charge is 0.253 e. The van der Waals surface area contributed by atoms with E-state index in [-0.39, 0.29) is 5.91 Å². The van der Waals surface area contributed by atoms with E-state index in [0.717, 1.165) is 31.8 Å². The highest BCUT2D eigenvalue weighted by molar-refractivity contribution is 5.95. The second-order valence-electron chi connectivity index (χ2n) is 5.45. The Hall–Kier alpha value is -1.71. The molecule has 1 aliphatic heterocycles. The predicted octanol–water partition coefficient (Wildman–Crippen LogP) is 2.93. The van der Waals surface area contributed by atoms with Gasteiger partial charge in [-0.25, -0.2) is 0 Å². The molecule has 1 unspecified atom stereocenters. The van der Waals surface area contributed by atoms with Gasteiger partial charge in [0.05, 0.1) is 12.8 Å². The molecule has 1 aromatic carbocycles. The van der Waals surface area contributed by atoms with Crippen molar-refractivity contribution >= 4 is 11.6 Å². The third-order valence-corrected chi connectivity index (χ3v) is 4.19. The molecule has 0 bridgehead atoms. The van der Waals surface area contributed by atoms with E-state index in [2.05, 4.69) is 6.92 Å². The quantitative estimate of drug-likeness (QED) is 0.864. The van der Waals surface area contributed by atoms with E-state index in [1.54, 1.807) is 25.3 Å². The van der Waals surface area contributed by atoms with E-state index in [1.807, 2.05) is 4.90 Å². The molecule has 0 spiro atoms. The summed E-state index contributed by atoms with van der Waals surface area (Å²) in [6.07, 6.45) is 4.63. The molecular formula is C16H24N2O2. The number of ether oxygens (including phenoxy) is 1. The number of methoxy groups -OCH3 is 1. The van der Waals surface area contributed by atoms with Crippen molar-refractivity contribution in [3.63, 3.8) is 0 Å². The van der Waals surface area contributed by atoms with Crippen LogP contribution in [0.3, 0.4) is 0 Å². The van der Waals surface area contributed by atoms with Crippen LogP contribution in [0.25, 0.3) is 0 Å². The average molecular weight is 276 g/mol. The summed E-state index contributed by atoms with van der Waals surface area (Å²) >= 11 is 0. The maximum Gasteiger partial charge on any atom is 0.253 e. The first-order chi connectivity index (χ1) is 9.65. The zero-order chi connectivity index (χ0) is 14.5. The lowest BCUT2D eigenvalue weighted by Crippen LogP contribution is -2.32. The molecule has 110 valence electrons. The predicted molar refractivity (Wildman–Crippen MR) is 80.9 cm³/mol. The minimum Gasteiger partial charge on any atom is -0.495 e. The van der Waals surface area contributed by atoms with Gasteiger partial charge in [0.1, 0.15) is 5.75 Å². The van der Waals surface area contributed by atoms with E-state index in [4.69, 9.17) is 10.5 Å². The van der Waals surface area contributed by atoms with Gasteiger partial charge >= 0.3 is 0 Å². The largest absolute Gasteiger partial charge is 0.495 e. The number of carbonyl (C=O) groups excluding carboxylic acids is 1. The molecule has 1 aliphatic rings. The number of nitrogens with two attached hydrogens (primary N) is 1. The number of anilines is 1. The van der Waals surface area contributed by atoms with Crippen LogP contribution in [-0.4, -0.2) is 31.0 Å². The van der Waals surface area contributed by atoms with Crippen molar-refractivity contribution in [2.45, 2.75) is 32.6 Å². The van der Waals surface area contributed by atoms with Gasteiger partial charge in [0.25, 0.3) is 5.91 Å². The number of nitrogen functional groups attached to an aromatic ring is 1. The fourth-order valence-electron chi connectivity index (χ4n) is 2.80. The van der Waals surface area contributed by atoms with Crippen LogP contribution in [0.2, 0.25) is 0 Å². The van der Waals surface area contributed by atoms with Gasteiger partial charge in [0.2, 0.25) is 0 Å². The van der Waals surface area contributed by atoms with Gasteiger partial charge < -0.3 is 15.4 Å². The highest BCUT2D eigenvalue weighted by atomic mass is 16.5. The number of carbonyl (C=O) groups is 1. The maximum atomic E-state index is 12.6. The van der Waals surface area contributed by atoms with Crippen molar-refractivity contribution < 1.29 is 9.53 Å². The molecule has 1 aromatic rings. The zero-order valence-corrected chi connectivity index (χ0v) is 12.4. The Kier molecular flexibility index (Phi) is 4.88. The molecule has 4 heteroatoms. The Labute approximate surface area is 120 Å². The summed E-state index contributed by atoms with van der Waals surface area (Å²) in [4.78, 5) is 14.5. The topological polar surface area (TPSA) is 55.6 Å². The fraction of sp³-hybridized carbons (Fsp3) is 0.562. The van der Waals surface area contributed by atoms with Crippen molar-refractivity contribution in [3.8, 4) is 5.75 Å². The number of benzene rings is 1. The molecule has 0 aliphatic carbocycles. The lowest BCUT2D eigenvalue weighted by atomic mass is 9.98. The van der Waals surface area contributed by atoms with E-state index < -0.39 is 0 Å². The minimum atomic E-state index is 0.0834. The van der Waals surface area contributed by atoms with Gasteiger partial charge in [-0.15, -0.1) is 0 Å². The molecule has 1 amide bonds. The van der Waals surface area contributed by atoms with Crippen LogP contribution in [0.4, 0.5) is 5.69 Å². The monoisotopic (exact) mass is 276 g/mol. The van der Waals surface area contributed by atoms with Gasteiger partial charge in [-0.3, -0.25) is 4.79 Å². The molecule has 1 fully saturated rings. The maximum absolute atomic E-state index is 12.6. The van der Waals surface area contributed by atoms with E-state index >= 15 is 0 Å². The molecular weight excluding hydrogens is 252 g/mol. The second-order valence-corrected chi connectivity index (χ2v) is 5.45. The van der Waals surface area contributed by atoms with Crippen molar-refractivity contribution in [1.82, 2.24) is 4.90 Å². The van der Waals surface area contributed by atoms with E-state index in [9.17, 15) is 4.79 Å². The first kappa shape index (κ1) is 14.7. The summed E-state index contributed by atoms with van der Waals surface area (Å²) in [5.41, 5.74) is 7.01. The molecule has 20 heavy (non-hydrogen) atoms. The van der Waals surface area contributed by atoms with Gasteiger partial charge in [-0.05, 0) is 43.4 Å². The second kappa shape index (κ2) is 6.64. The Morgan fingerprint density at radius 3 is 2.90 bits per heavy atom. The molecule has 0 aromatic heterocycles. The molecule has 2 rings (SSSR count). The van der Waals surface area contributed by atoms with Crippen LogP contribution >= 0.6 is 0 Å². The van der Waals surface area contributed by atoms with Gasteiger partial charge in [0.15, 0.2) is 0 Å². The number of rotatable bonds is 3. The summed E-state index contributed by atoms with van der Waals surface area (Å²) < 4.78 is 5.19. The molecule has 2 N–H and O–H groups in total. The Balaban J connectivity index is 2.10. The molecule has 0 radical (unpaired) electrons. The van der Waals surface area contributed by atoms with Crippen molar-refractivity contribution in [2.24, 2.45) is 5.92 Å². The summed E-state index contributed by atoms with van der Waals surface area (Å²) in [6.45, 7) is 3.93. The van der Waals surface area contributed by atoms with Crippen LogP contribution in [0.5, 0.6) is 5.75 Å². The minimum absolute atomic E-state index is 0.0834. The Bertz CT molecular complexity index is 474. The highest BCUT2D eigenvalue weighted by Gasteiger charge is 2.21. The number of nitrogens with zero attached hydrogens (tertiary/aromatic N) is 1. The normalized spacial score (nSPS) is 19.5. The van der Waals surface area contributed by atoms with Crippen molar-refractivity contribution in [3.05, 3.63) is 23.8 Å². The summed E-state index contributed by atoms with van der Waals surface area (Å²) in [5, 5.41) is 0. The number of likely N-dealkylation sites (tertiary alicyclic amines) is 1. The third-order valence-electron chi connectivity index (χ3n) is 4.19. The van der Waals surface area contributed by atoms with Crippen LogP contribution < -0.4 is 10.5 Å². The number of amides is 1. The lowest BCUT2D eigenvalue weighted by Gasteiger charge is -2.21. The first-order valence-electron chi connectivity index (χ1n) is 7.38. The van der Waals surface area contributed by atoms with Crippen molar-refractivity contribution in [2.75, 3.05) is 25.9 Å². The van der Waals surface area contributed by atoms with E-state index in [0.29, 0.717) is 17.0 Å². The molecule has 4 nitrogen and oxygen atoms in total. The fourth-order valence-corrected chi connectivity index (χ4v) is 2.80. The van der Waals surface area contributed by atoms with Gasteiger partial charge in [-0.1, -0.05) is 13.3 Å².